The molecule has 3 heteroatoms. The molecule has 1 rings (SSSR count). The normalized spacial score (nSPS) is 9.77. The molecule has 0 bridgehead atoms. The van der Waals surface area contributed by atoms with Gasteiger partial charge in [0.15, 0.2) is 11.5 Å². The highest BCUT2D eigenvalue weighted by atomic mass is 16.5. The summed E-state index contributed by atoms with van der Waals surface area (Å²) in [6.45, 7) is 0.848. The van der Waals surface area contributed by atoms with Crippen molar-refractivity contribution in [1.29, 1.82) is 0 Å². The van der Waals surface area contributed by atoms with E-state index in [-0.39, 0.29) is 0 Å². The van der Waals surface area contributed by atoms with Crippen LogP contribution in [-0.2, 0) is 6.54 Å². The Kier molecular flexibility index (Phi) is 3.58. The molecule has 13 heavy (non-hydrogen) atoms. The first-order valence-electron chi connectivity index (χ1n) is 4.13. The van der Waals surface area contributed by atoms with Crippen molar-refractivity contribution in [1.82, 2.24) is 0 Å². The molecule has 0 saturated heterocycles. The van der Waals surface area contributed by atoms with Gasteiger partial charge in [0.25, 0.3) is 0 Å². The molecule has 1 aromatic rings. The topological polar surface area (TPSA) is 35.1 Å². The molecule has 0 radical (unpaired) electrons. The highest BCUT2D eigenvalue weighted by Crippen LogP contribution is 2.26. The number of rotatable bonds is 4. The van der Waals surface area contributed by atoms with Crippen LogP contribution in [0.15, 0.2) is 18.2 Å². The lowest BCUT2D eigenvalue weighted by atomic mass is 10.2. The Morgan fingerprint density at radius 1 is 1.23 bits per heavy atom. The fourth-order valence-electron chi connectivity index (χ4n) is 1.17. The lowest BCUT2D eigenvalue weighted by molar-refractivity contribution is -0.612. The quantitative estimate of drug-likeness (QED) is 0.689. The Hall–Kier alpha value is -1.22. The Morgan fingerprint density at radius 3 is 2.46 bits per heavy atom. The van der Waals surface area contributed by atoms with E-state index in [4.69, 9.17) is 9.47 Å². The van der Waals surface area contributed by atoms with Gasteiger partial charge in [-0.15, -0.1) is 0 Å². The smallest absolute Gasteiger partial charge is 0.161 e. The average Bonchev–Trinajstić information content (AvgIpc) is 2.18. The maximum atomic E-state index is 5.16. The summed E-state index contributed by atoms with van der Waals surface area (Å²) in [5.41, 5.74) is 1.17. The summed E-state index contributed by atoms with van der Waals surface area (Å²) in [6.07, 6.45) is 0. The van der Waals surface area contributed by atoms with Gasteiger partial charge in [0, 0.05) is 5.56 Å². The molecule has 0 atom stereocenters. The zero-order valence-corrected chi connectivity index (χ0v) is 8.04. The molecule has 0 aliphatic rings. The van der Waals surface area contributed by atoms with Crippen molar-refractivity contribution in [2.24, 2.45) is 0 Å². The second kappa shape index (κ2) is 4.72. The minimum absolute atomic E-state index is 0.760. The van der Waals surface area contributed by atoms with Crippen LogP contribution in [-0.4, -0.2) is 14.2 Å². The van der Waals surface area contributed by atoms with Gasteiger partial charge in [0.2, 0.25) is 0 Å². The second-order valence-electron chi connectivity index (χ2n) is 2.68. The molecule has 3 nitrogen and oxygen atoms in total. The standard InChI is InChI=1S/C10H15NO2/c1-11-7-8-4-5-9(12-2)10(6-8)13-3/h4-6H,1,7,11H2,2-3H3. The van der Waals surface area contributed by atoms with Crippen molar-refractivity contribution in [3.05, 3.63) is 30.8 Å². The first kappa shape index (κ1) is 9.86. The van der Waals surface area contributed by atoms with Crippen LogP contribution in [0.4, 0.5) is 0 Å². The fraction of sp³-hybridized carbons (Fsp3) is 0.300. The van der Waals surface area contributed by atoms with Gasteiger partial charge in [-0.2, -0.15) is 7.05 Å². The molecule has 2 N–H and O–H groups in total. The molecule has 0 heterocycles. The third-order valence-corrected chi connectivity index (χ3v) is 1.83. The fourth-order valence-corrected chi connectivity index (χ4v) is 1.17. The predicted octanol–water partition coefficient (Wildman–Crippen LogP) is 0.559. The number of quaternary nitrogens is 1. The van der Waals surface area contributed by atoms with E-state index in [1.54, 1.807) is 14.2 Å². The number of methoxy groups -OCH3 is 2. The third-order valence-electron chi connectivity index (χ3n) is 1.83. The van der Waals surface area contributed by atoms with E-state index in [0.717, 1.165) is 18.0 Å². The van der Waals surface area contributed by atoms with Gasteiger partial charge in [-0.1, -0.05) is 0 Å². The van der Waals surface area contributed by atoms with Crippen molar-refractivity contribution < 1.29 is 14.8 Å². The Morgan fingerprint density at radius 2 is 1.92 bits per heavy atom. The molecule has 1 aromatic carbocycles. The molecular weight excluding hydrogens is 166 g/mol. The van der Waals surface area contributed by atoms with Crippen LogP contribution in [0.1, 0.15) is 5.56 Å². The molecular formula is C10H15NO2. The molecule has 0 fully saturated rings. The number of hydrogen-bond acceptors (Lipinski definition) is 2. The summed E-state index contributed by atoms with van der Waals surface area (Å²) in [4.78, 5) is 0. The SMILES string of the molecule is [CH2-][NH2+]Cc1ccc(OC)c(OC)c1. The van der Waals surface area contributed by atoms with Crippen molar-refractivity contribution in [2.45, 2.75) is 6.54 Å². The summed E-state index contributed by atoms with van der Waals surface area (Å²) in [7, 11) is 6.95. The average molecular weight is 181 g/mol. The molecule has 0 aliphatic carbocycles. The maximum absolute atomic E-state index is 5.16. The first-order valence-corrected chi connectivity index (χ1v) is 4.13. The van der Waals surface area contributed by atoms with Crippen molar-refractivity contribution in [3.8, 4) is 11.5 Å². The van der Waals surface area contributed by atoms with Gasteiger partial charge in [0.05, 0.1) is 20.8 Å². The largest absolute Gasteiger partial charge is 0.493 e. The predicted molar refractivity (Wildman–Crippen MR) is 50.5 cm³/mol. The van der Waals surface area contributed by atoms with Gasteiger partial charge in [-0.05, 0) is 18.2 Å². The van der Waals surface area contributed by atoms with Crippen LogP contribution in [0.25, 0.3) is 0 Å². The van der Waals surface area contributed by atoms with Crippen LogP contribution in [0.5, 0.6) is 11.5 Å². The van der Waals surface area contributed by atoms with Crippen LogP contribution in [0.2, 0.25) is 0 Å². The number of benzene rings is 1. The lowest BCUT2D eigenvalue weighted by Crippen LogP contribution is -2.74. The van der Waals surface area contributed by atoms with E-state index in [2.05, 4.69) is 7.05 Å². The van der Waals surface area contributed by atoms with Crippen LogP contribution < -0.4 is 14.8 Å². The van der Waals surface area contributed by atoms with Gasteiger partial charge >= 0.3 is 0 Å². The van der Waals surface area contributed by atoms with Gasteiger partial charge in [0.1, 0.15) is 0 Å². The zero-order chi connectivity index (χ0) is 9.68. The van der Waals surface area contributed by atoms with Gasteiger partial charge in [-0.25, -0.2) is 0 Å². The Labute approximate surface area is 78.7 Å². The summed E-state index contributed by atoms with van der Waals surface area (Å²) in [6, 6.07) is 5.86. The summed E-state index contributed by atoms with van der Waals surface area (Å²) >= 11 is 0. The first-order chi connectivity index (χ1) is 6.31. The van der Waals surface area contributed by atoms with E-state index in [1.807, 2.05) is 23.5 Å². The summed E-state index contributed by atoms with van der Waals surface area (Å²) in [5.74, 6) is 1.53. The van der Waals surface area contributed by atoms with E-state index < -0.39 is 0 Å². The van der Waals surface area contributed by atoms with Gasteiger partial charge in [-0.3, -0.25) is 0 Å². The van der Waals surface area contributed by atoms with Crippen molar-refractivity contribution in [2.75, 3.05) is 14.2 Å². The lowest BCUT2D eigenvalue weighted by Gasteiger charge is -2.08. The zero-order valence-electron chi connectivity index (χ0n) is 8.04. The Bertz CT molecular complexity index is 274. The third kappa shape index (κ3) is 2.36. The van der Waals surface area contributed by atoms with Gasteiger partial charge < -0.3 is 14.8 Å². The highest BCUT2D eigenvalue weighted by Gasteiger charge is 2.03. The van der Waals surface area contributed by atoms with Crippen LogP contribution in [0, 0.1) is 7.05 Å². The highest BCUT2D eigenvalue weighted by molar-refractivity contribution is 5.42. The van der Waals surface area contributed by atoms with Crippen molar-refractivity contribution in [3.63, 3.8) is 0 Å². The minimum Gasteiger partial charge on any atom is -0.493 e. The van der Waals surface area contributed by atoms with E-state index in [9.17, 15) is 0 Å². The monoisotopic (exact) mass is 181 g/mol. The molecule has 0 amide bonds. The molecule has 0 unspecified atom stereocenters. The number of ether oxygens (including phenoxy) is 2. The summed E-state index contributed by atoms with van der Waals surface area (Å²) in [5, 5.41) is 1.86. The molecule has 0 spiro atoms. The number of nitrogens with two attached hydrogens (primary N) is 1. The maximum Gasteiger partial charge on any atom is 0.161 e. The second-order valence-corrected chi connectivity index (χ2v) is 2.68. The number of hydrogen-bond donors (Lipinski definition) is 1. The Balaban J connectivity index is 2.91. The van der Waals surface area contributed by atoms with Crippen molar-refractivity contribution >= 4 is 0 Å². The molecule has 0 aromatic heterocycles. The molecule has 0 saturated carbocycles. The molecule has 0 aliphatic heterocycles. The minimum atomic E-state index is 0.760. The molecule has 72 valence electrons. The van der Waals surface area contributed by atoms with Crippen LogP contribution >= 0.6 is 0 Å². The summed E-state index contributed by atoms with van der Waals surface area (Å²) < 4.78 is 10.3. The van der Waals surface area contributed by atoms with Crippen LogP contribution in [0.3, 0.4) is 0 Å². The van der Waals surface area contributed by atoms with E-state index in [1.165, 1.54) is 5.56 Å². The van der Waals surface area contributed by atoms with E-state index in [0.29, 0.717) is 0 Å². The van der Waals surface area contributed by atoms with E-state index >= 15 is 0 Å².